The summed E-state index contributed by atoms with van der Waals surface area (Å²) < 4.78 is 5.25. The van der Waals surface area contributed by atoms with Crippen LogP contribution in [-0.4, -0.2) is 49.1 Å². The van der Waals surface area contributed by atoms with Crippen LogP contribution in [0.3, 0.4) is 0 Å². The highest BCUT2D eigenvalue weighted by molar-refractivity contribution is 5.87. The highest BCUT2D eigenvalue weighted by Gasteiger charge is 2.26. The molecule has 2 amide bonds. The number of ether oxygens (including phenoxy) is 1. The normalized spacial score (nSPS) is 17.4. The molecule has 1 aromatic carbocycles. The van der Waals surface area contributed by atoms with Crippen LogP contribution in [0.4, 0.5) is 0 Å². The highest BCUT2D eigenvalue weighted by atomic mass is 16.5. The molecule has 1 aliphatic heterocycles. The SMILES string of the molecule is CCC(NC(=O)CC(N)c1ccccc1)C(=O)N1CCOCC1. The predicted molar refractivity (Wildman–Crippen MR) is 87.6 cm³/mol. The van der Waals surface area contributed by atoms with Gasteiger partial charge in [-0.1, -0.05) is 37.3 Å². The van der Waals surface area contributed by atoms with Gasteiger partial charge in [0.15, 0.2) is 0 Å². The number of nitrogens with zero attached hydrogens (tertiary/aromatic N) is 1. The van der Waals surface area contributed by atoms with Crippen molar-refractivity contribution < 1.29 is 14.3 Å². The summed E-state index contributed by atoms with van der Waals surface area (Å²) >= 11 is 0. The van der Waals surface area contributed by atoms with Crippen LogP contribution < -0.4 is 11.1 Å². The van der Waals surface area contributed by atoms with E-state index in [1.165, 1.54) is 0 Å². The van der Waals surface area contributed by atoms with Crippen molar-refractivity contribution in [2.45, 2.75) is 31.8 Å². The van der Waals surface area contributed by atoms with Crippen LogP contribution in [0.15, 0.2) is 30.3 Å². The third kappa shape index (κ3) is 5.04. The van der Waals surface area contributed by atoms with Crippen molar-refractivity contribution in [1.29, 1.82) is 0 Å². The molecule has 2 unspecified atom stereocenters. The summed E-state index contributed by atoms with van der Waals surface area (Å²) in [4.78, 5) is 26.4. The van der Waals surface area contributed by atoms with Gasteiger partial charge in [0.25, 0.3) is 0 Å². The number of carbonyl (C=O) groups excluding carboxylic acids is 2. The molecule has 0 radical (unpaired) electrons. The number of hydrogen-bond acceptors (Lipinski definition) is 4. The largest absolute Gasteiger partial charge is 0.378 e. The first-order chi connectivity index (χ1) is 11.1. The molecule has 0 aliphatic carbocycles. The van der Waals surface area contributed by atoms with Gasteiger partial charge in [0.05, 0.1) is 13.2 Å². The molecular weight excluding hydrogens is 294 g/mol. The van der Waals surface area contributed by atoms with E-state index < -0.39 is 6.04 Å². The van der Waals surface area contributed by atoms with Crippen LogP contribution in [0.1, 0.15) is 31.4 Å². The van der Waals surface area contributed by atoms with Crippen LogP contribution in [-0.2, 0) is 14.3 Å². The molecule has 2 rings (SSSR count). The molecule has 1 saturated heterocycles. The number of benzene rings is 1. The number of amides is 2. The second kappa shape index (κ2) is 8.64. The van der Waals surface area contributed by atoms with Gasteiger partial charge >= 0.3 is 0 Å². The fraction of sp³-hybridized carbons (Fsp3) is 0.529. The zero-order chi connectivity index (χ0) is 16.7. The van der Waals surface area contributed by atoms with Crippen molar-refractivity contribution in [2.24, 2.45) is 5.73 Å². The molecule has 2 atom stereocenters. The first-order valence-corrected chi connectivity index (χ1v) is 8.08. The van der Waals surface area contributed by atoms with E-state index in [9.17, 15) is 9.59 Å². The third-order valence-corrected chi connectivity index (χ3v) is 4.00. The number of carbonyl (C=O) groups is 2. The number of hydrogen-bond donors (Lipinski definition) is 2. The van der Waals surface area contributed by atoms with Crippen LogP contribution >= 0.6 is 0 Å². The molecule has 6 heteroatoms. The van der Waals surface area contributed by atoms with Gasteiger partial charge in [0, 0.05) is 25.6 Å². The Balaban J connectivity index is 1.87. The van der Waals surface area contributed by atoms with Crippen LogP contribution in [0.25, 0.3) is 0 Å². The topological polar surface area (TPSA) is 84.7 Å². The lowest BCUT2D eigenvalue weighted by Crippen LogP contribution is -2.51. The minimum absolute atomic E-state index is 0.0440. The first kappa shape index (κ1) is 17.4. The smallest absolute Gasteiger partial charge is 0.245 e. The zero-order valence-corrected chi connectivity index (χ0v) is 13.5. The van der Waals surface area contributed by atoms with Crippen molar-refractivity contribution >= 4 is 11.8 Å². The maximum Gasteiger partial charge on any atom is 0.245 e. The lowest BCUT2D eigenvalue weighted by atomic mass is 10.0. The second-order valence-corrected chi connectivity index (χ2v) is 5.69. The zero-order valence-electron chi connectivity index (χ0n) is 13.5. The first-order valence-electron chi connectivity index (χ1n) is 8.08. The second-order valence-electron chi connectivity index (χ2n) is 5.69. The highest BCUT2D eigenvalue weighted by Crippen LogP contribution is 2.13. The maximum absolute atomic E-state index is 12.4. The molecule has 6 nitrogen and oxygen atoms in total. The third-order valence-electron chi connectivity index (χ3n) is 4.00. The molecule has 126 valence electrons. The summed E-state index contributed by atoms with van der Waals surface area (Å²) in [5, 5.41) is 2.81. The summed E-state index contributed by atoms with van der Waals surface area (Å²) in [6, 6.07) is 8.62. The Kier molecular flexibility index (Phi) is 6.55. The van der Waals surface area contributed by atoms with Gasteiger partial charge in [0.1, 0.15) is 6.04 Å². The fourth-order valence-electron chi connectivity index (χ4n) is 2.61. The summed E-state index contributed by atoms with van der Waals surface area (Å²) in [7, 11) is 0. The summed E-state index contributed by atoms with van der Waals surface area (Å²) in [5.41, 5.74) is 6.97. The van der Waals surface area contributed by atoms with Gasteiger partial charge in [0.2, 0.25) is 11.8 Å². The Morgan fingerprint density at radius 1 is 1.26 bits per heavy atom. The van der Waals surface area contributed by atoms with Gasteiger partial charge in [-0.3, -0.25) is 9.59 Å². The standard InChI is InChI=1S/C17H25N3O3/c1-2-15(17(22)20-8-10-23-11-9-20)19-16(21)12-14(18)13-6-4-3-5-7-13/h3-7,14-15H,2,8-12,18H2,1H3,(H,19,21). The molecule has 1 heterocycles. The van der Waals surface area contributed by atoms with Gasteiger partial charge in [-0.2, -0.15) is 0 Å². The molecule has 3 N–H and O–H groups in total. The molecule has 0 aromatic heterocycles. The van der Waals surface area contributed by atoms with Crippen molar-refractivity contribution in [3.8, 4) is 0 Å². The quantitative estimate of drug-likeness (QED) is 0.813. The Morgan fingerprint density at radius 2 is 1.91 bits per heavy atom. The van der Waals surface area contributed by atoms with Crippen LogP contribution in [0.2, 0.25) is 0 Å². The minimum atomic E-state index is -0.497. The van der Waals surface area contributed by atoms with Crippen molar-refractivity contribution in [3.63, 3.8) is 0 Å². The molecular formula is C17H25N3O3. The number of nitrogens with one attached hydrogen (secondary N) is 1. The molecule has 1 fully saturated rings. The molecule has 1 aliphatic rings. The van der Waals surface area contributed by atoms with E-state index in [4.69, 9.17) is 10.5 Å². The Bertz CT molecular complexity index is 515. The minimum Gasteiger partial charge on any atom is -0.378 e. The van der Waals surface area contributed by atoms with E-state index in [1.54, 1.807) is 4.90 Å². The molecule has 23 heavy (non-hydrogen) atoms. The lowest BCUT2D eigenvalue weighted by molar-refractivity contribution is -0.140. The average Bonchev–Trinajstić information content (AvgIpc) is 2.60. The van der Waals surface area contributed by atoms with Crippen molar-refractivity contribution in [1.82, 2.24) is 10.2 Å². The van der Waals surface area contributed by atoms with E-state index in [-0.39, 0.29) is 24.3 Å². The molecule has 0 saturated carbocycles. The number of nitrogens with two attached hydrogens (primary N) is 1. The van der Waals surface area contributed by atoms with E-state index >= 15 is 0 Å². The van der Waals surface area contributed by atoms with Crippen LogP contribution in [0.5, 0.6) is 0 Å². The summed E-state index contributed by atoms with van der Waals surface area (Å²) in [6.07, 6.45) is 0.722. The van der Waals surface area contributed by atoms with Crippen molar-refractivity contribution in [3.05, 3.63) is 35.9 Å². The van der Waals surface area contributed by atoms with Gasteiger partial charge in [-0.15, -0.1) is 0 Å². The monoisotopic (exact) mass is 319 g/mol. The Hall–Kier alpha value is -1.92. The fourth-order valence-corrected chi connectivity index (χ4v) is 2.61. The maximum atomic E-state index is 12.4. The molecule has 1 aromatic rings. The number of rotatable bonds is 6. The van der Waals surface area contributed by atoms with Crippen molar-refractivity contribution in [2.75, 3.05) is 26.3 Å². The van der Waals surface area contributed by atoms with Gasteiger partial charge in [-0.25, -0.2) is 0 Å². The number of morpholine rings is 1. The van der Waals surface area contributed by atoms with E-state index in [1.807, 2.05) is 37.3 Å². The molecule has 0 bridgehead atoms. The summed E-state index contributed by atoms with van der Waals surface area (Å²) in [5.74, 6) is -0.243. The Labute approximate surface area is 137 Å². The summed E-state index contributed by atoms with van der Waals surface area (Å²) in [6.45, 7) is 4.15. The molecule has 0 spiro atoms. The van der Waals surface area contributed by atoms with E-state index in [0.717, 1.165) is 5.56 Å². The average molecular weight is 319 g/mol. The Morgan fingerprint density at radius 3 is 2.52 bits per heavy atom. The van der Waals surface area contributed by atoms with Gasteiger partial charge < -0.3 is 20.7 Å². The van der Waals surface area contributed by atoms with Gasteiger partial charge in [-0.05, 0) is 12.0 Å². The van der Waals surface area contributed by atoms with E-state index in [2.05, 4.69) is 5.32 Å². The van der Waals surface area contributed by atoms with E-state index in [0.29, 0.717) is 32.7 Å². The predicted octanol–water partition coefficient (Wildman–Crippen LogP) is 0.830. The lowest BCUT2D eigenvalue weighted by Gasteiger charge is -2.30. The van der Waals surface area contributed by atoms with Crippen LogP contribution in [0, 0.1) is 0 Å².